The molecule has 0 N–H and O–H groups in total. The van der Waals surface area contributed by atoms with Gasteiger partial charge in [-0.1, -0.05) is 35.8 Å². The smallest absolute Gasteiger partial charge is 0.282 e. The van der Waals surface area contributed by atoms with E-state index in [1.165, 1.54) is 28.8 Å². The Balaban J connectivity index is 1.75. The summed E-state index contributed by atoms with van der Waals surface area (Å²) in [5, 5.41) is 5.14. The summed E-state index contributed by atoms with van der Waals surface area (Å²) in [6.45, 7) is 8.56. The standard InChI is InChI=1S/C24H27BrN4O/c1-4-16(2)23-27-21-9-8-19(25)14-20(21)24(30)29(23)26-15-18-7-10-22(17(3)13-18)28-11-5-6-12-28/h7-10,13-16H,4-6,11-12H2,1-3H3/t16-/m1/s1. The van der Waals surface area contributed by atoms with Gasteiger partial charge in [-0.15, -0.1) is 0 Å². The van der Waals surface area contributed by atoms with Crippen LogP contribution in [0.2, 0.25) is 0 Å². The summed E-state index contributed by atoms with van der Waals surface area (Å²) < 4.78 is 2.32. The van der Waals surface area contributed by atoms with Crippen LogP contribution in [0.3, 0.4) is 0 Å². The monoisotopic (exact) mass is 466 g/mol. The Morgan fingerprint density at radius 3 is 2.67 bits per heavy atom. The lowest BCUT2D eigenvalue weighted by atomic mass is 10.1. The number of halogens is 1. The number of anilines is 1. The van der Waals surface area contributed by atoms with E-state index < -0.39 is 0 Å². The van der Waals surface area contributed by atoms with Crippen LogP contribution in [-0.2, 0) is 0 Å². The summed E-state index contributed by atoms with van der Waals surface area (Å²) in [5.74, 6) is 0.821. The van der Waals surface area contributed by atoms with Crippen LogP contribution >= 0.6 is 15.9 Å². The number of aromatic nitrogens is 2. The Bertz CT molecular complexity index is 1160. The molecule has 6 heteroatoms. The van der Waals surface area contributed by atoms with E-state index in [0.717, 1.165) is 29.5 Å². The van der Waals surface area contributed by atoms with E-state index in [-0.39, 0.29) is 11.5 Å². The minimum Gasteiger partial charge on any atom is -0.371 e. The van der Waals surface area contributed by atoms with E-state index in [9.17, 15) is 4.79 Å². The quantitative estimate of drug-likeness (QED) is 0.468. The van der Waals surface area contributed by atoms with Gasteiger partial charge in [-0.3, -0.25) is 4.79 Å². The Morgan fingerprint density at radius 1 is 1.20 bits per heavy atom. The van der Waals surface area contributed by atoms with Crippen molar-refractivity contribution in [2.24, 2.45) is 5.10 Å². The van der Waals surface area contributed by atoms with Crippen molar-refractivity contribution in [3.8, 4) is 0 Å². The highest BCUT2D eigenvalue weighted by atomic mass is 79.9. The minimum atomic E-state index is -0.141. The molecule has 30 heavy (non-hydrogen) atoms. The molecule has 0 radical (unpaired) electrons. The van der Waals surface area contributed by atoms with Gasteiger partial charge in [0.05, 0.1) is 17.1 Å². The normalized spacial score (nSPS) is 15.4. The maximum Gasteiger partial charge on any atom is 0.282 e. The van der Waals surface area contributed by atoms with Crippen molar-refractivity contribution < 1.29 is 0 Å². The third-order valence-corrected chi connectivity index (χ3v) is 6.37. The maximum absolute atomic E-state index is 13.2. The summed E-state index contributed by atoms with van der Waals surface area (Å²) in [7, 11) is 0. The fourth-order valence-corrected chi connectivity index (χ4v) is 4.34. The Hall–Kier alpha value is -2.47. The number of nitrogens with zero attached hydrogens (tertiary/aromatic N) is 4. The van der Waals surface area contributed by atoms with Crippen molar-refractivity contribution in [2.45, 2.75) is 46.0 Å². The third kappa shape index (κ3) is 4.06. The molecule has 0 unspecified atom stereocenters. The number of rotatable bonds is 5. The molecule has 3 aromatic rings. The molecule has 1 atom stereocenters. The predicted octanol–water partition coefficient (Wildman–Crippen LogP) is 5.46. The zero-order chi connectivity index (χ0) is 21.3. The molecular formula is C24H27BrN4O. The van der Waals surface area contributed by atoms with Crippen LogP contribution in [0.25, 0.3) is 10.9 Å². The van der Waals surface area contributed by atoms with Gasteiger partial charge in [-0.05, 0) is 67.6 Å². The van der Waals surface area contributed by atoms with E-state index in [1.807, 2.05) is 18.2 Å². The van der Waals surface area contributed by atoms with Crippen LogP contribution in [-0.4, -0.2) is 29.0 Å². The Labute approximate surface area is 185 Å². The minimum absolute atomic E-state index is 0.127. The molecule has 0 amide bonds. The highest BCUT2D eigenvalue weighted by Gasteiger charge is 2.16. The van der Waals surface area contributed by atoms with E-state index in [2.05, 4.69) is 64.9 Å². The Kier molecular flexibility index (Phi) is 6.04. The van der Waals surface area contributed by atoms with Crippen molar-refractivity contribution in [1.82, 2.24) is 9.66 Å². The second kappa shape index (κ2) is 8.72. The molecule has 0 saturated carbocycles. The summed E-state index contributed by atoms with van der Waals surface area (Å²) >= 11 is 3.45. The van der Waals surface area contributed by atoms with Crippen molar-refractivity contribution in [2.75, 3.05) is 18.0 Å². The van der Waals surface area contributed by atoms with Crippen LogP contribution in [0.15, 0.2) is 50.8 Å². The molecule has 5 nitrogen and oxygen atoms in total. The van der Waals surface area contributed by atoms with Crippen LogP contribution in [0.1, 0.15) is 56.0 Å². The summed E-state index contributed by atoms with van der Waals surface area (Å²) in [4.78, 5) is 20.4. The number of fused-ring (bicyclic) bond motifs is 1. The molecule has 1 aliphatic rings. The van der Waals surface area contributed by atoms with Crippen molar-refractivity contribution >= 4 is 38.7 Å². The van der Waals surface area contributed by atoms with E-state index in [1.54, 1.807) is 6.21 Å². The van der Waals surface area contributed by atoms with Crippen molar-refractivity contribution in [3.63, 3.8) is 0 Å². The largest absolute Gasteiger partial charge is 0.371 e. The van der Waals surface area contributed by atoms with Gasteiger partial charge >= 0.3 is 0 Å². The van der Waals surface area contributed by atoms with Gasteiger partial charge in [-0.2, -0.15) is 9.78 Å². The lowest BCUT2D eigenvalue weighted by molar-refractivity contribution is 0.613. The molecule has 1 fully saturated rings. The molecule has 1 saturated heterocycles. The van der Waals surface area contributed by atoms with E-state index >= 15 is 0 Å². The number of aryl methyl sites for hydroxylation is 1. The zero-order valence-corrected chi connectivity index (χ0v) is 19.3. The van der Waals surface area contributed by atoms with Crippen LogP contribution < -0.4 is 10.5 Å². The molecule has 1 aromatic heterocycles. The first kappa shape index (κ1) is 20.8. The highest BCUT2D eigenvalue weighted by Crippen LogP contribution is 2.25. The summed E-state index contributed by atoms with van der Waals surface area (Å²) in [6.07, 6.45) is 5.16. The van der Waals surface area contributed by atoms with Gasteiger partial charge in [-0.25, -0.2) is 4.98 Å². The average Bonchev–Trinajstić information content (AvgIpc) is 3.27. The number of benzene rings is 2. The first-order valence-corrected chi connectivity index (χ1v) is 11.4. The number of hydrogen-bond donors (Lipinski definition) is 0. The molecular weight excluding hydrogens is 440 g/mol. The topological polar surface area (TPSA) is 50.5 Å². The first-order chi connectivity index (χ1) is 14.5. The fourth-order valence-electron chi connectivity index (χ4n) is 3.98. The molecule has 156 valence electrons. The third-order valence-electron chi connectivity index (χ3n) is 5.88. The molecule has 0 aliphatic carbocycles. The summed E-state index contributed by atoms with van der Waals surface area (Å²) in [6, 6.07) is 12.0. The lowest BCUT2D eigenvalue weighted by Gasteiger charge is -2.20. The van der Waals surface area contributed by atoms with E-state index in [0.29, 0.717) is 16.7 Å². The molecule has 0 bridgehead atoms. The van der Waals surface area contributed by atoms with Crippen molar-refractivity contribution in [3.05, 3.63) is 68.2 Å². The van der Waals surface area contributed by atoms with Crippen LogP contribution in [0, 0.1) is 6.92 Å². The van der Waals surface area contributed by atoms with Crippen molar-refractivity contribution in [1.29, 1.82) is 0 Å². The average molecular weight is 467 g/mol. The van der Waals surface area contributed by atoms with Gasteiger partial charge in [0.25, 0.3) is 5.56 Å². The van der Waals surface area contributed by atoms with Crippen LogP contribution in [0.5, 0.6) is 0 Å². The van der Waals surface area contributed by atoms with Gasteiger partial charge in [0.15, 0.2) is 0 Å². The summed E-state index contributed by atoms with van der Waals surface area (Å²) in [5.41, 5.74) is 4.07. The molecule has 2 aromatic carbocycles. The van der Waals surface area contributed by atoms with Gasteiger partial charge in [0.2, 0.25) is 0 Å². The predicted molar refractivity (Wildman–Crippen MR) is 128 cm³/mol. The zero-order valence-electron chi connectivity index (χ0n) is 17.7. The molecule has 2 heterocycles. The highest BCUT2D eigenvalue weighted by molar-refractivity contribution is 9.10. The number of hydrogen-bond acceptors (Lipinski definition) is 4. The van der Waals surface area contributed by atoms with Gasteiger partial charge < -0.3 is 4.90 Å². The second-order valence-electron chi connectivity index (χ2n) is 8.04. The maximum atomic E-state index is 13.2. The second-order valence-corrected chi connectivity index (χ2v) is 8.96. The first-order valence-electron chi connectivity index (χ1n) is 10.6. The fraction of sp³-hybridized carbons (Fsp3) is 0.375. The van der Waals surface area contributed by atoms with E-state index in [4.69, 9.17) is 4.98 Å². The van der Waals surface area contributed by atoms with Gasteiger partial charge in [0, 0.05) is 29.2 Å². The molecule has 1 aliphatic heterocycles. The Morgan fingerprint density at radius 2 is 1.97 bits per heavy atom. The SMILES string of the molecule is CC[C@@H](C)c1nc2ccc(Br)cc2c(=O)n1N=Cc1ccc(N2CCCC2)c(C)c1. The van der Waals surface area contributed by atoms with Gasteiger partial charge in [0.1, 0.15) is 5.82 Å². The lowest BCUT2D eigenvalue weighted by Crippen LogP contribution is -2.23. The molecule has 4 rings (SSSR count). The molecule has 0 spiro atoms. The van der Waals surface area contributed by atoms with Crippen LogP contribution in [0.4, 0.5) is 5.69 Å².